The summed E-state index contributed by atoms with van der Waals surface area (Å²) < 4.78 is 39.8. The van der Waals surface area contributed by atoms with Crippen LogP contribution in [0.4, 0.5) is 13.2 Å². The van der Waals surface area contributed by atoms with E-state index in [2.05, 4.69) is 11.8 Å². The van der Waals surface area contributed by atoms with Crippen LogP contribution in [-0.4, -0.2) is 24.0 Å². The van der Waals surface area contributed by atoms with Gasteiger partial charge in [-0.1, -0.05) is 13.3 Å². The van der Waals surface area contributed by atoms with Gasteiger partial charge in [-0.15, -0.1) is 0 Å². The molecular formula is C15H21F3N2. The van der Waals surface area contributed by atoms with Crippen molar-refractivity contribution >= 4 is 0 Å². The van der Waals surface area contributed by atoms with Crippen molar-refractivity contribution < 1.29 is 13.2 Å². The van der Waals surface area contributed by atoms with Crippen LogP contribution in [0.15, 0.2) is 12.1 Å². The second kappa shape index (κ2) is 6.59. The molecule has 1 aliphatic heterocycles. The molecule has 0 spiro atoms. The Morgan fingerprint density at radius 1 is 1.20 bits per heavy atom. The van der Waals surface area contributed by atoms with Crippen LogP contribution >= 0.6 is 0 Å². The van der Waals surface area contributed by atoms with E-state index in [0.29, 0.717) is 18.5 Å². The summed E-state index contributed by atoms with van der Waals surface area (Å²) in [7, 11) is 0. The summed E-state index contributed by atoms with van der Waals surface area (Å²) in [6.07, 6.45) is 3.14. The highest BCUT2D eigenvalue weighted by molar-refractivity contribution is 5.20. The van der Waals surface area contributed by atoms with E-state index in [1.807, 2.05) is 0 Å². The van der Waals surface area contributed by atoms with Crippen LogP contribution in [0, 0.1) is 23.4 Å². The molecule has 0 aliphatic carbocycles. The zero-order chi connectivity index (χ0) is 14.7. The minimum atomic E-state index is -1.15. The molecule has 0 radical (unpaired) electrons. The van der Waals surface area contributed by atoms with Gasteiger partial charge in [-0.25, -0.2) is 13.2 Å². The number of rotatable bonds is 4. The first kappa shape index (κ1) is 15.3. The number of piperidine rings is 1. The van der Waals surface area contributed by atoms with E-state index in [0.717, 1.165) is 31.9 Å². The van der Waals surface area contributed by atoms with E-state index < -0.39 is 17.5 Å². The van der Waals surface area contributed by atoms with Gasteiger partial charge in [0.25, 0.3) is 0 Å². The lowest BCUT2D eigenvalue weighted by atomic mass is 9.88. The van der Waals surface area contributed by atoms with Gasteiger partial charge in [-0.2, -0.15) is 0 Å². The van der Waals surface area contributed by atoms with Crippen LogP contribution in [0.25, 0.3) is 0 Å². The molecule has 1 aliphatic rings. The van der Waals surface area contributed by atoms with E-state index in [9.17, 15) is 13.2 Å². The second-order valence-corrected chi connectivity index (χ2v) is 5.52. The molecule has 5 heteroatoms. The molecule has 2 rings (SSSR count). The van der Waals surface area contributed by atoms with E-state index in [4.69, 9.17) is 5.73 Å². The van der Waals surface area contributed by atoms with Gasteiger partial charge in [-0.05, 0) is 31.4 Å². The van der Waals surface area contributed by atoms with Crippen molar-refractivity contribution in [2.75, 3.05) is 13.1 Å². The van der Waals surface area contributed by atoms with Gasteiger partial charge < -0.3 is 5.73 Å². The number of nitrogens with two attached hydrogens (primary N) is 1. The molecule has 2 N–H and O–H groups in total. The van der Waals surface area contributed by atoms with Gasteiger partial charge in [0.2, 0.25) is 0 Å². The zero-order valence-electron chi connectivity index (χ0n) is 11.7. The lowest BCUT2D eigenvalue weighted by molar-refractivity contribution is 0.106. The highest BCUT2D eigenvalue weighted by atomic mass is 19.2. The Morgan fingerprint density at radius 2 is 1.90 bits per heavy atom. The van der Waals surface area contributed by atoms with Gasteiger partial charge >= 0.3 is 0 Å². The molecule has 112 valence electrons. The highest BCUT2D eigenvalue weighted by Crippen LogP contribution is 2.27. The number of nitrogens with zero attached hydrogens (tertiary/aromatic N) is 1. The number of benzene rings is 1. The summed E-state index contributed by atoms with van der Waals surface area (Å²) >= 11 is 0. The first-order valence-corrected chi connectivity index (χ1v) is 7.12. The fourth-order valence-corrected chi connectivity index (χ4v) is 2.91. The molecular weight excluding hydrogens is 265 g/mol. The molecule has 0 amide bonds. The molecule has 2 atom stereocenters. The number of likely N-dealkylation sites (tertiary alicyclic amines) is 1. The predicted molar refractivity (Wildman–Crippen MR) is 72.6 cm³/mol. The highest BCUT2D eigenvalue weighted by Gasteiger charge is 2.27. The molecule has 1 aromatic rings. The largest absolute Gasteiger partial charge is 0.329 e. The second-order valence-electron chi connectivity index (χ2n) is 5.52. The van der Waals surface area contributed by atoms with Crippen LogP contribution in [-0.2, 0) is 6.54 Å². The Bertz CT molecular complexity index is 465. The van der Waals surface area contributed by atoms with Crippen LogP contribution in [0.1, 0.15) is 31.7 Å². The van der Waals surface area contributed by atoms with E-state index >= 15 is 0 Å². The third kappa shape index (κ3) is 3.33. The third-order valence-corrected chi connectivity index (χ3v) is 4.26. The molecule has 0 bridgehead atoms. The van der Waals surface area contributed by atoms with Crippen molar-refractivity contribution in [1.82, 2.24) is 4.90 Å². The lowest BCUT2D eigenvalue weighted by Gasteiger charge is -2.39. The van der Waals surface area contributed by atoms with Gasteiger partial charge in [0, 0.05) is 30.8 Å². The Labute approximate surface area is 117 Å². The fraction of sp³-hybridized carbons (Fsp3) is 0.600. The van der Waals surface area contributed by atoms with Crippen molar-refractivity contribution in [1.29, 1.82) is 0 Å². The van der Waals surface area contributed by atoms with Crippen molar-refractivity contribution in [3.63, 3.8) is 0 Å². The lowest BCUT2D eigenvalue weighted by Crippen LogP contribution is -2.46. The zero-order valence-corrected chi connectivity index (χ0v) is 11.7. The Kier molecular flexibility index (Phi) is 5.05. The average Bonchev–Trinajstić information content (AvgIpc) is 2.45. The van der Waals surface area contributed by atoms with Crippen LogP contribution in [0.5, 0.6) is 0 Å². The van der Waals surface area contributed by atoms with Crippen molar-refractivity contribution in [2.24, 2.45) is 11.7 Å². The quantitative estimate of drug-likeness (QED) is 0.862. The van der Waals surface area contributed by atoms with Crippen LogP contribution in [0.3, 0.4) is 0 Å². The van der Waals surface area contributed by atoms with Crippen LogP contribution in [0.2, 0.25) is 0 Å². The number of hydrogen-bond acceptors (Lipinski definition) is 2. The first-order valence-electron chi connectivity index (χ1n) is 7.12. The predicted octanol–water partition coefficient (Wildman–Crippen LogP) is 3.05. The molecule has 0 aromatic heterocycles. The molecule has 1 aromatic carbocycles. The van der Waals surface area contributed by atoms with E-state index in [1.54, 1.807) is 0 Å². The summed E-state index contributed by atoms with van der Waals surface area (Å²) in [6, 6.07) is 1.74. The van der Waals surface area contributed by atoms with Crippen LogP contribution < -0.4 is 5.73 Å². The average molecular weight is 286 g/mol. The summed E-state index contributed by atoms with van der Waals surface area (Å²) in [5.41, 5.74) is 5.98. The smallest absolute Gasteiger partial charge is 0.161 e. The molecule has 0 saturated carbocycles. The van der Waals surface area contributed by atoms with Gasteiger partial charge in [0.15, 0.2) is 11.6 Å². The summed E-state index contributed by atoms with van der Waals surface area (Å²) in [5, 5.41) is 0. The maximum atomic E-state index is 13.7. The minimum absolute atomic E-state index is 0.182. The maximum absolute atomic E-state index is 13.7. The monoisotopic (exact) mass is 286 g/mol. The molecule has 20 heavy (non-hydrogen) atoms. The Morgan fingerprint density at radius 3 is 2.55 bits per heavy atom. The minimum Gasteiger partial charge on any atom is -0.329 e. The van der Waals surface area contributed by atoms with Gasteiger partial charge in [0.05, 0.1) is 0 Å². The summed E-state index contributed by atoms with van der Waals surface area (Å²) in [4.78, 5) is 2.07. The number of halogens is 3. The van der Waals surface area contributed by atoms with Crippen molar-refractivity contribution in [3.8, 4) is 0 Å². The Hall–Kier alpha value is -1.07. The summed E-state index contributed by atoms with van der Waals surface area (Å²) in [5.74, 6) is -2.20. The molecule has 1 heterocycles. The van der Waals surface area contributed by atoms with E-state index in [1.165, 1.54) is 0 Å². The topological polar surface area (TPSA) is 29.3 Å². The first-order chi connectivity index (χ1) is 9.55. The number of hydrogen-bond donors (Lipinski definition) is 1. The fourth-order valence-electron chi connectivity index (χ4n) is 2.91. The Balaban J connectivity index is 2.11. The van der Waals surface area contributed by atoms with Crippen molar-refractivity contribution in [3.05, 3.63) is 35.1 Å². The van der Waals surface area contributed by atoms with Gasteiger partial charge in [-0.3, -0.25) is 4.90 Å². The molecule has 2 nitrogen and oxygen atoms in total. The maximum Gasteiger partial charge on any atom is 0.161 e. The normalized spacial score (nSPS) is 24.1. The molecule has 2 unspecified atom stereocenters. The molecule has 1 saturated heterocycles. The molecule has 1 fully saturated rings. The third-order valence-electron chi connectivity index (χ3n) is 4.26. The standard InChI is InChI=1S/C15H21F3N2/c1-2-10-3-4-20(12(5-10)8-19)9-11-6-14(17)15(18)7-13(11)16/h6-7,10,12H,2-5,8-9,19H2,1H3. The SMILES string of the molecule is CCC1CCN(Cc2cc(F)c(F)cc2F)C(CN)C1. The van der Waals surface area contributed by atoms with E-state index in [-0.39, 0.29) is 18.2 Å². The van der Waals surface area contributed by atoms with Gasteiger partial charge in [0.1, 0.15) is 5.82 Å². The summed E-state index contributed by atoms with van der Waals surface area (Å²) in [6.45, 7) is 3.75. The van der Waals surface area contributed by atoms with Crippen molar-refractivity contribution in [2.45, 2.75) is 38.8 Å².